The number of Topliss-reactive ketones (excluding diaryl/α,β-unsaturated/α-hetero) is 1. The first-order valence-corrected chi connectivity index (χ1v) is 12.6. The normalized spacial score (nSPS) is 16.7. The molecule has 0 aliphatic carbocycles. The van der Waals surface area contributed by atoms with Crippen LogP contribution in [0.2, 0.25) is 0 Å². The van der Waals surface area contributed by atoms with Crippen molar-refractivity contribution in [2.75, 3.05) is 13.7 Å². The zero-order chi connectivity index (χ0) is 26.4. The summed E-state index contributed by atoms with van der Waals surface area (Å²) in [5.74, 6) is -0.451. The number of aryl methyl sites for hydroxylation is 1. The maximum atomic E-state index is 13.3. The van der Waals surface area contributed by atoms with Crippen LogP contribution in [-0.2, 0) is 16.1 Å². The van der Waals surface area contributed by atoms with E-state index < -0.39 is 17.7 Å². The lowest BCUT2D eigenvalue weighted by molar-refractivity contribution is -0.140. The van der Waals surface area contributed by atoms with Crippen molar-refractivity contribution in [2.24, 2.45) is 0 Å². The number of hydrogen-bond acceptors (Lipinski definition) is 5. The van der Waals surface area contributed by atoms with Crippen molar-refractivity contribution < 1.29 is 24.2 Å². The van der Waals surface area contributed by atoms with Crippen molar-refractivity contribution in [2.45, 2.75) is 45.7 Å². The highest BCUT2D eigenvalue weighted by atomic mass is 16.5. The smallest absolute Gasteiger partial charge is 0.295 e. The Morgan fingerprint density at radius 3 is 2.35 bits per heavy atom. The van der Waals surface area contributed by atoms with E-state index in [2.05, 4.69) is 6.92 Å². The third-order valence-electron chi connectivity index (χ3n) is 6.57. The fourth-order valence-electron chi connectivity index (χ4n) is 4.54. The molecule has 192 valence electrons. The van der Waals surface area contributed by atoms with Gasteiger partial charge in [-0.25, -0.2) is 0 Å². The van der Waals surface area contributed by atoms with Gasteiger partial charge in [0, 0.05) is 12.1 Å². The van der Waals surface area contributed by atoms with Gasteiger partial charge in [0.05, 0.1) is 25.3 Å². The van der Waals surface area contributed by atoms with Crippen molar-refractivity contribution in [3.05, 3.63) is 101 Å². The molecule has 37 heavy (non-hydrogen) atoms. The van der Waals surface area contributed by atoms with Crippen LogP contribution < -0.4 is 9.47 Å². The second-order valence-corrected chi connectivity index (χ2v) is 9.24. The monoisotopic (exact) mass is 499 g/mol. The maximum absolute atomic E-state index is 13.3. The van der Waals surface area contributed by atoms with Crippen LogP contribution in [0.15, 0.2) is 78.4 Å². The summed E-state index contributed by atoms with van der Waals surface area (Å²) in [6.45, 7) is 4.88. The van der Waals surface area contributed by atoms with Gasteiger partial charge in [-0.3, -0.25) is 9.59 Å². The summed E-state index contributed by atoms with van der Waals surface area (Å²) in [6, 6.07) is 21.3. The summed E-state index contributed by atoms with van der Waals surface area (Å²) in [6.07, 6.45) is 3.11. The number of aliphatic hydroxyl groups is 1. The number of benzene rings is 3. The van der Waals surface area contributed by atoms with Crippen LogP contribution in [0.3, 0.4) is 0 Å². The lowest BCUT2D eigenvalue weighted by Gasteiger charge is -2.26. The highest BCUT2D eigenvalue weighted by Gasteiger charge is 2.46. The molecule has 1 heterocycles. The molecule has 3 aromatic carbocycles. The molecule has 1 N–H and O–H groups in total. The van der Waals surface area contributed by atoms with Crippen molar-refractivity contribution in [3.8, 4) is 11.5 Å². The molecule has 4 rings (SSSR count). The van der Waals surface area contributed by atoms with Gasteiger partial charge in [-0.05, 0) is 36.6 Å². The van der Waals surface area contributed by atoms with Crippen LogP contribution in [0, 0.1) is 6.92 Å². The lowest BCUT2D eigenvalue weighted by atomic mass is 9.94. The average Bonchev–Trinajstić information content (AvgIpc) is 3.16. The zero-order valence-electron chi connectivity index (χ0n) is 21.6. The second kappa shape index (κ2) is 11.8. The van der Waals surface area contributed by atoms with Gasteiger partial charge >= 0.3 is 0 Å². The van der Waals surface area contributed by atoms with E-state index in [-0.39, 0.29) is 17.9 Å². The quantitative estimate of drug-likeness (QED) is 0.156. The minimum Gasteiger partial charge on any atom is -0.507 e. The molecule has 0 radical (unpaired) electrons. The van der Waals surface area contributed by atoms with Crippen LogP contribution in [0.5, 0.6) is 11.5 Å². The Morgan fingerprint density at radius 2 is 1.68 bits per heavy atom. The number of rotatable bonds is 10. The molecular weight excluding hydrogens is 466 g/mol. The Hall–Kier alpha value is -4.06. The predicted molar refractivity (Wildman–Crippen MR) is 143 cm³/mol. The minimum absolute atomic E-state index is 0.0588. The van der Waals surface area contributed by atoms with E-state index in [9.17, 15) is 14.7 Å². The van der Waals surface area contributed by atoms with Gasteiger partial charge in [0.15, 0.2) is 11.5 Å². The third-order valence-corrected chi connectivity index (χ3v) is 6.57. The molecule has 1 fully saturated rings. The van der Waals surface area contributed by atoms with E-state index in [1.807, 2.05) is 55.5 Å². The molecule has 0 spiro atoms. The standard InChI is InChI=1S/C31H33NO5/c1-4-5-9-18-37-25-17-16-24(19-26(25)36-3)28-27(29(33)23-14-12-21(2)13-15-23)30(34)31(35)32(28)20-22-10-7-6-8-11-22/h6-8,10-17,19,28,33H,4-5,9,18,20H2,1-3H3/b29-27+. The number of hydrogen-bond donors (Lipinski definition) is 1. The number of ketones is 1. The van der Waals surface area contributed by atoms with Gasteiger partial charge in [-0.1, -0.05) is 86.0 Å². The van der Waals surface area contributed by atoms with Gasteiger partial charge in [-0.2, -0.15) is 0 Å². The fraction of sp³-hybridized carbons (Fsp3) is 0.290. The van der Waals surface area contributed by atoms with E-state index in [1.54, 1.807) is 31.4 Å². The number of carbonyl (C=O) groups excluding carboxylic acids is 2. The summed E-state index contributed by atoms with van der Waals surface area (Å²) >= 11 is 0. The van der Waals surface area contributed by atoms with Gasteiger partial charge in [0.25, 0.3) is 11.7 Å². The summed E-state index contributed by atoms with van der Waals surface area (Å²) in [4.78, 5) is 28.1. The van der Waals surface area contributed by atoms with Crippen LogP contribution in [0.1, 0.15) is 54.5 Å². The molecule has 1 amide bonds. The molecule has 1 aliphatic rings. The number of ether oxygens (including phenoxy) is 2. The maximum Gasteiger partial charge on any atom is 0.295 e. The average molecular weight is 500 g/mol. The van der Waals surface area contributed by atoms with E-state index in [0.29, 0.717) is 29.2 Å². The number of aliphatic hydroxyl groups excluding tert-OH is 1. The van der Waals surface area contributed by atoms with Gasteiger partial charge in [0.2, 0.25) is 0 Å². The summed E-state index contributed by atoms with van der Waals surface area (Å²) < 4.78 is 11.5. The summed E-state index contributed by atoms with van der Waals surface area (Å²) in [5, 5.41) is 11.3. The largest absolute Gasteiger partial charge is 0.507 e. The first-order chi connectivity index (χ1) is 17.9. The molecule has 1 unspecified atom stereocenters. The highest BCUT2D eigenvalue weighted by Crippen LogP contribution is 2.42. The van der Waals surface area contributed by atoms with E-state index >= 15 is 0 Å². The predicted octanol–water partition coefficient (Wildman–Crippen LogP) is 6.19. The first-order valence-electron chi connectivity index (χ1n) is 12.6. The molecule has 0 aromatic heterocycles. The van der Waals surface area contributed by atoms with Crippen molar-refractivity contribution in [3.63, 3.8) is 0 Å². The van der Waals surface area contributed by atoms with Gasteiger partial charge < -0.3 is 19.5 Å². The number of amides is 1. The van der Waals surface area contributed by atoms with Crippen molar-refractivity contribution >= 4 is 17.4 Å². The molecule has 3 aromatic rings. The van der Waals surface area contributed by atoms with Crippen molar-refractivity contribution in [1.82, 2.24) is 4.90 Å². The highest BCUT2D eigenvalue weighted by molar-refractivity contribution is 6.46. The number of nitrogens with zero attached hydrogens (tertiary/aromatic N) is 1. The first kappa shape index (κ1) is 26.0. The Labute approximate surface area is 218 Å². The Kier molecular flexibility index (Phi) is 8.29. The number of unbranched alkanes of at least 4 members (excludes halogenated alkanes) is 2. The molecule has 0 bridgehead atoms. The molecule has 6 nitrogen and oxygen atoms in total. The molecule has 1 saturated heterocycles. The SMILES string of the molecule is CCCCCOc1ccc(C2/C(=C(\O)c3ccc(C)cc3)C(=O)C(=O)N2Cc2ccccc2)cc1OC. The summed E-state index contributed by atoms with van der Waals surface area (Å²) in [7, 11) is 1.56. The molecule has 0 saturated carbocycles. The molecule has 1 atom stereocenters. The Bertz CT molecular complexity index is 1280. The lowest BCUT2D eigenvalue weighted by Crippen LogP contribution is -2.29. The van der Waals surface area contributed by atoms with Crippen LogP contribution in [-0.4, -0.2) is 35.4 Å². The number of likely N-dealkylation sites (tertiary alicyclic amines) is 1. The Balaban J connectivity index is 1.79. The van der Waals surface area contributed by atoms with E-state index in [0.717, 1.165) is 30.4 Å². The van der Waals surface area contributed by atoms with E-state index in [4.69, 9.17) is 9.47 Å². The molecule has 6 heteroatoms. The minimum atomic E-state index is -0.787. The van der Waals surface area contributed by atoms with E-state index in [1.165, 1.54) is 4.90 Å². The number of methoxy groups -OCH3 is 1. The van der Waals surface area contributed by atoms with Crippen molar-refractivity contribution in [1.29, 1.82) is 0 Å². The molecular formula is C31H33NO5. The Morgan fingerprint density at radius 1 is 0.946 bits per heavy atom. The second-order valence-electron chi connectivity index (χ2n) is 9.24. The van der Waals surface area contributed by atoms with Gasteiger partial charge in [0.1, 0.15) is 5.76 Å². The topological polar surface area (TPSA) is 76.1 Å². The zero-order valence-corrected chi connectivity index (χ0v) is 21.6. The van der Waals surface area contributed by atoms with Crippen LogP contribution in [0.4, 0.5) is 0 Å². The van der Waals surface area contributed by atoms with Gasteiger partial charge in [-0.15, -0.1) is 0 Å². The summed E-state index contributed by atoms with van der Waals surface area (Å²) in [5.41, 5.74) is 3.10. The number of carbonyl (C=O) groups is 2. The molecule has 1 aliphatic heterocycles. The fourth-order valence-corrected chi connectivity index (χ4v) is 4.54. The third kappa shape index (κ3) is 5.69. The van der Waals surface area contributed by atoms with Crippen LogP contribution in [0.25, 0.3) is 5.76 Å². The van der Waals surface area contributed by atoms with Crippen LogP contribution >= 0.6 is 0 Å².